The van der Waals surface area contributed by atoms with E-state index in [1.165, 1.54) is 154 Å². The highest BCUT2D eigenvalue weighted by Crippen LogP contribution is 2.33. The zero-order chi connectivity index (χ0) is 61.9. The van der Waals surface area contributed by atoms with Gasteiger partial charge >= 0.3 is 0 Å². The second kappa shape index (κ2) is 48.8. The van der Waals surface area contributed by atoms with E-state index in [1.54, 1.807) is 6.08 Å². The lowest BCUT2D eigenvalue weighted by Gasteiger charge is -2.48. The summed E-state index contributed by atoms with van der Waals surface area (Å²) in [6.07, 6.45) is 28.7. The Morgan fingerprint density at radius 1 is 0.412 bits per heavy atom. The fourth-order valence-electron chi connectivity index (χ4n) is 11.4. The summed E-state index contributed by atoms with van der Waals surface area (Å²) in [4.78, 5) is 13.3. The van der Waals surface area contributed by atoms with Crippen LogP contribution in [0.1, 0.15) is 245 Å². The minimum Gasteiger partial charge on any atom is -0.394 e. The van der Waals surface area contributed by atoms with Crippen molar-refractivity contribution >= 4 is 5.91 Å². The first-order chi connectivity index (χ1) is 41.3. The van der Waals surface area contributed by atoms with Gasteiger partial charge in [-0.25, -0.2) is 0 Å². The first-order valence-electron chi connectivity index (χ1n) is 33.7. The number of carbonyl (C=O) groups is 1. The molecular weight excluding hydrogens is 1090 g/mol. The molecule has 0 aromatic heterocycles. The normalized spacial score (nSPS) is 29.2. The Kier molecular flexibility index (Phi) is 44.4. The van der Waals surface area contributed by atoms with Crippen molar-refractivity contribution in [1.82, 2.24) is 5.32 Å². The number of hydrogen-bond acceptors (Lipinski definition) is 18. The fourth-order valence-corrected chi connectivity index (χ4v) is 11.4. The van der Waals surface area contributed by atoms with Gasteiger partial charge in [-0.1, -0.05) is 217 Å². The van der Waals surface area contributed by atoms with Crippen molar-refractivity contribution in [2.45, 2.75) is 349 Å². The number of aliphatic hydroxyl groups is 11. The van der Waals surface area contributed by atoms with Gasteiger partial charge in [0.2, 0.25) is 5.91 Å². The van der Waals surface area contributed by atoms with Gasteiger partial charge in [0.25, 0.3) is 0 Å². The Bertz CT molecular complexity index is 1690. The minimum atomic E-state index is -1.98. The number of rotatable bonds is 51. The molecule has 19 nitrogen and oxygen atoms in total. The maximum atomic E-state index is 13.3. The van der Waals surface area contributed by atoms with E-state index in [-0.39, 0.29) is 18.9 Å². The van der Waals surface area contributed by atoms with Crippen molar-refractivity contribution in [3.63, 3.8) is 0 Å². The lowest BCUT2D eigenvalue weighted by Crippen LogP contribution is -2.66. The number of nitrogens with one attached hydrogen (secondary N) is 1. The second-order valence-corrected chi connectivity index (χ2v) is 24.3. The van der Waals surface area contributed by atoms with Crippen molar-refractivity contribution in [1.29, 1.82) is 0 Å². The Labute approximate surface area is 511 Å². The third-order valence-electron chi connectivity index (χ3n) is 16.9. The molecule has 3 rings (SSSR count). The predicted molar refractivity (Wildman–Crippen MR) is 328 cm³/mol. The summed E-state index contributed by atoms with van der Waals surface area (Å²) in [5, 5.41) is 120. The van der Waals surface area contributed by atoms with Gasteiger partial charge in [0.15, 0.2) is 18.9 Å². The fraction of sp³-hybridized carbons (Fsp3) is 0.894. The molecule has 3 saturated heterocycles. The molecule has 3 fully saturated rings. The molecule has 19 heteroatoms. The van der Waals surface area contributed by atoms with Crippen molar-refractivity contribution < 1.29 is 89.4 Å². The van der Waals surface area contributed by atoms with Crippen molar-refractivity contribution in [3.8, 4) is 0 Å². The monoisotopic (exact) mass is 1220 g/mol. The van der Waals surface area contributed by atoms with E-state index in [4.69, 9.17) is 28.4 Å². The molecule has 0 aliphatic carbocycles. The molecule has 12 N–H and O–H groups in total. The maximum absolute atomic E-state index is 13.3. The van der Waals surface area contributed by atoms with Crippen LogP contribution < -0.4 is 5.32 Å². The number of amides is 1. The van der Waals surface area contributed by atoms with Gasteiger partial charge in [0.1, 0.15) is 73.2 Å². The Balaban J connectivity index is 1.43. The van der Waals surface area contributed by atoms with E-state index in [1.807, 2.05) is 6.08 Å². The molecule has 0 aromatic carbocycles. The molecule has 0 saturated carbocycles. The predicted octanol–water partition coefficient (Wildman–Crippen LogP) is 8.05. The molecule has 85 heavy (non-hydrogen) atoms. The highest BCUT2D eigenvalue weighted by atomic mass is 16.8. The highest BCUT2D eigenvalue weighted by Gasteiger charge is 2.53. The average Bonchev–Trinajstić information content (AvgIpc) is 3.18. The molecule has 0 aromatic rings. The standard InChI is InChI=1S/C66H121NO18/c1-3-5-7-9-11-13-15-17-18-19-20-21-22-23-24-25-26-27-28-29-30-31-32-33-35-37-39-41-43-50(71)49(67-54(72)44-42-40-38-36-34-16-14-12-10-8-6-4-2)48-80-64-60(78)57(75)62(52(46-69)82-64)85-66-61(79)58(76)63(53(47-70)83-66)84-65-59(77)56(74)55(73)51(45-68)81-65/h12,14,33,35,41,43,49-53,55-66,68-71,73-79H,3-11,13,15-32,34,36-40,42,44-48H2,1-2H3,(H,67,72)/b14-12-,35-33+,43-41+. The van der Waals surface area contributed by atoms with Crippen molar-refractivity contribution in [2.24, 2.45) is 0 Å². The van der Waals surface area contributed by atoms with Crippen molar-refractivity contribution in [3.05, 3.63) is 36.5 Å². The molecule has 3 aliphatic rings. The van der Waals surface area contributed by atoms with Crippen LogP contribution in [0.5, 0.6) is 0 Å². The molecule has 0 radical (unpaired) electrons. The van der Waals surface area contributed by atoms with Gasteiger partial charge in [-0.3, -0.25) is 4.79 Å². The molecule has 3 heterocycles. The smallest absolute Gasteiger partial charge is 0.220 e. The third-order valence-corrected chi connectivity index (χ3v) is 16.9. The lowest BCUT2D eigenvalue weighted by atomic mass is 9.96. The first-order valence-corrected chi connectivity index (χ1v) is 33.7. The average molecular weight is 1220 g/mol. The van der Waals surface area contributed by atoms with E-state index in [0.717, 1.165) is 57.8 Å². The van der Waals surface area contributed by atoms with Gasteiger partial charge in [0.05, 0.1) is 38.6 Å². The topological polar surface area (TPSA) is 307 Å². The summed E-state index contributed by atoms with van der Waals surface area (Å²) in [5.41, 5.74) is 0. The number of aliphatic hydroxyl groups excluding tert-OH is 11. The van der Waals surface area contributed by atoms with Gasteiger partial charge < -0.3 is 89.9 Å². The van der Waals surface area contributed by atoms with E-state index in [2.05, 4.69) is 43.5 Å². The van der Waals surface area contributed by atoms with Crippen LogP contribution in [-0.4, -0.2) is 193 Å². The van der Waals surface area contributed by atoms with E-state index >= 15 is 0 Å². The molecule has 498 valence electrons. The van der Waals surface area contributed by atoms with Crippen LogP contribution in [0.2, 0.25) is 0 Å². The van der Waals surface area contributed by atoms with E-state index < -0.39 is 124 Å². The highest BCUT2D eigenvalue weighted by molar-refractivity contribution is 5.76. The van der Waals surface area contributed by atoms with Gasteiger partial charge in [-0.05, 0) is 57.8 Å². The molecule has 1 amide bonds. The van der Waals surface area contributed by atoms with Crippen LogP contribution in [0.15, 0.2) is 36.5 Å². The summed E-state index contributed by atoms with van der Waals surface area (Å²) in [6, 6.07) is -0.993. The first kappa shape index (κ1) is 77.3. The Hall–Kier alpha value is -1.99. The number of hydrogen-bond donors (Lipinski definition) is 12. The van der Waals surface area contributed by atoms with Gasteiger partial charge in [0, 0.05) is 6.42 Å². The van der Waals surface area contributed by atoms with E-state index in [9.17, 15) is 61.0 Å². The molecule has 0 bridgehead atoms. The van der Waals surface area contributed by atoms with Gasteiger partial charge in [-0.2, -0.15) is 0 Å². The van der Waals surface area contributed by atoms with Crippen LogP contribution in [0.3, 0.4) is 0 Å². The van der Waals surface area contributed by atoms with E-state index in [0.29, 0.717) is 12.8 Å². The summed E-state index contributed by atoms with van der Waals surface area (Å²) >= 11 is 0. The largest absolute Gasteiger partial charge is 0.394 e. The quantitative estimate of drug-likeness (QED) is 0.0202. The maximum Gasteiger partial charge on any atom is 0.220 e. The van der Waals surface area contributed by atoms with Crippen LogP contribution in [0.25, 0.3) is 0 Å². The van der Waals surface area contributed by atoms with Gasteiger partial charge in [-0.15, -0.1) is 0 Å². The molecular formula is C66H121NO18. The van der Waals surface area contributed by atoms with Crippen LogP contribution in [0.4, 0.5) is 0 Å². The summed E-state index contributed by atoms with van der Waals surface area (Å²) in [6.45, 7) is 1.68. The van der Waals surface area contributed by atoms with Crippen LogP contribution >= 0.6 is 0 Å². The summed E-state index contributed by atoms with van der Waals surface area (Å²) in [5.74, 6) is -0.295. The molecule has 17 unspecified atom stereocenters. The Morgan fingerprint density at radius 3 is 1.20 bits per heavy atom. The number of carbonyl (C=O) groups excluding carboxylic acids is 1. The molecule has 3 aliphatic heterocycles. The lowest BCUT2D eigenvalue weighted by molar-refractivity contribution is -0.379. The zero-order valence-electron chi connectivity index (χ0n) is 52.3. The minimum absolute atomic E-state index is 0.225. The Morgan fingerprint density at radius 2 is 0.753 bits per heavy atom. The second-order valence-electron chi connectivity index (χ2n) is 24.3. The number of allylic oxidation sites excluding steroid dienone is 5. The van der Waals surface area contributed by atoms with Crippen LogP contribution in [0, 0.1) is 0 Å². The summed E-state index contributed by atoms with van der Waals surface area (Å²) in [7, 11) is 0. The third kappa shape index (κ3) is 31.5. The number of ether oxygens (including phenoxy) is 6. The number of unbranched alkanes of at least 4 members (excludes halogenated alkanes) is 31. The van der Waals surface area contributed by atoms with Crippen molar-refractivity contribution in [2.75, 3.05) is 26.4 Å². The zero-order valence-corrected chi connectivity index (χ0v) is 52.3. The summed E-state index contributed by atoms with van der Waals surface area (Å²) < 4.78 is 34.3. The SMILES string of the molecule is CCCCC/C=C\CCCCCCCC(=O)NC(COC1OC(CO)C(OC2OC(CO)C(OC3OC(CO)C(O)C(O)C3O)C(O)C2O)C(O)C1O)C(O)/C=C/CC/C=C/CCCCCCCCCCCCCCCCCCCCCCCC. The molecule has 0 spiro atoms. The molecule has 17 atom stereocenters. The van der Waals surface area contributed by atoms with Crippen LogP contribution in [-0.2, 0) is 33.2 Å².